The fourth-order valence-electron chi connectivity index (χ4n) is 5.81. The van der Waals surface area contributed by atoms with Gasteiger partial charge in [-0.2, -0.15) is 9.97 Å². The molecule has 2 aliphatic heterocycles. The summed E-state index contributed by atoms with van der Waals surface area (Å²) < 4.78 is 13.2. The molecule has 2 aromatic carbocycles. The molecule has 0 N–H and O–H groups in total. The number of aromatic nitrogens is 3. The minimum absolute atomic E-state index is 0.817. The molecule has 0 saturated carbocycles. The van der Waals surface area contributed by atoms with Gasteiger partial charge in [0, 0.05) is 65.0 Å². The lowest BCUT2D eigenvalue weighted by molar-refractivity contribution is 0.309. The van der Waals surface area contributed by atoms with Crippen LogP contribution in [0, 0.1) is 0 Å². The molecular formula is C31H39N7O2. The molecule has 0 unspecified atom stereocenters. The Kier molecular flexibility index (Phi) is 7.25. The van der Waals surface area contributed by atoms with Gasteiger partial charge in [0.1, 0.15) is 23.0 Å². The van der Waals surface area contributed by atoms with E-state index in [0.29, 0.717) is 0 Å². The number of piperazine rings is 2. The van der Waals surface area contributed by atoms with Crippen LogP contribution in [-0.4, -0.2) is 105 Å². The molecule has 4 aromatic rings. The summed E-state index contributed by atoms with van der Waals surface area (Å²) in [6.45, 7) is 7.73. The summed E-state index contributed by atoms with van der Waals surface area (Å²) in [5, 5.41) is 1.10. The second-order valence-electron chi connectivity index (χ2n) is 10.9. The largest absolute Gasteiger partial charge is 0.497 e. The SMILES string of the molecule is COc1ccc(-c2c(-c3ccc(OC)cc3)n(C)c3nc(N4CCN(C)CC4)nc(N4CCN(C)CC4)c23)cc1. The third kappa shape index (κ3) is 4.84. The highest BCUT2D eigenvalue weighted by molar-refractivity contribution is 6.09. The van der Waals surface area contributed by atoms with Crippen molar-refractivity contribution in [2.75, 3.05) is 90.5 Å². The van der Waals surface area contributed by atoms with E-state index in [4.69, 9.17) is 19.4 Å². The van der Waals surface area contributed by atoms with Gasteiger partial charge in [-0.3, -0.25) is 0 Å². The maximum atomic E-state index is 5.49. The van der Waals surface area contributed by atoms with Gasteiger partial charge in [0.2, 0.25) is 5.95 Å². The third-order valence-electron chi connectivity index (χ3n) is 8.33. The third-order valence-corrected chi connectivity index (χ3v) is 8.33. The lowest BCUT2D eigenvalue weighted by Gasteiger charge is -2.35. The number of nitrogens with zero attached hydrogens (tertiary/aromatic N) is 7. The standard InChI is InChI=1S/C31H39N7O2/c1-34-14-18-37(19-15-34)30-27-26(22-6-10-24(39-4)11-7-22)28(23-8-12-25(40-5)13-9-23)36(3)29(27)32-31(33-30)38-20-16-35(2)17-21-38/h6-13H,14-21H2,1-5H3. The average molecular weight is 542 g/mol. The van der Waals surface area contributed by atoms with Gasteiger partial charge in [0.05, 0.1) is 25.3 Å². The summed E-state index contributed by atoms with van der Waals surface area (Å²) in [7, 11) is 9.90. The highest BCUT2D eigenvalue weighted by atomic mass is 16.5. The van der Waals surface area contributed by atoms with E-state index in [1.807, 2.05) is 24.3 Å². The van der Waals surface area contributed by atoms with Crippen molar-refractivity contribution >= 4 is 22.8 Å². The van der Waals surface area contributed by atoms with Crippen molar-refractivity contribution in [1.29, 1.82) is 0 Å². The molecule has 0 spiro atoms. The predicted molar refractivity (Wildman–Crippen MR) is 162 cm³/mol. The molecule has 0 bridgehead atoms. The highest BCUT2D eigenvalue weighted by Gasteiger charge is 2.29. The number of hydrogen-bond donors (Lipinski definition) is 0. The van der Waals surface area contributed by atoms with Crippen LogP contribution in [0.5, 0.6) is 11.5 Å². The first-order valence-electron chi connectivity index (χ1n) is 14.0. The Hall–Kier alpha value is -3.82. The molecule has 0 radical (unpaired) electrons. The Balaban J connectivity index is 1.62. The molecule has 0 amide bonds. The first-order valence-corrected chi connectivity index (χ1v) is 14.0. The number of aryl methyl sites for hydroxylation is 1. The molecule has 9 heteroatoms. The van der Waals surface area contributed by atoms with Crippen LogP contribution >= 0.6 is 0 Å². The Morgan fingerprint density at radius 1 is 0.600 bits per heavy atom. The van der Waals surface area contributed by atoms with Crippen LogP contribution in [0.25, 0.3) is 33.4 Å². The summed E-state index contributed by atoms with van der Waals surface area (Å²) in [5.41, 5.74) is 5.43. The number of ether oxygens (including phenoxy) is 2. The van der Waals surface area contributed by atoms with Crippen molar-refractivity contribution in [3.05, 3.63) is 48.5 Å². The number of anilines is 2. The molecule has 2 fully saturated rings. The zero-order chi connectivity index (χ0) is 27.8. The van der Waals surface area contributed by atoms with Crippen molar-refractivity contribution < 1.29 is 9.47 Å². The van der Waals surface area contributed by atoms with Gasteiger partial charge in [-0.15, -0.1) is 0 Å². The quantitative estimate of drug-likeness (QED) is 0.365. The molecule has 6 rings (SSSR count). The van der Waals surface area contributed by atoms with Gasteiger partial charge in [-0.25, -0.2) is 0 Å². The Bertz CT molecular complexity index is 1470. The van der Waals surface area contributed by atoms with Crippen molar-refractivity contribution in [3.63, 3.8) is 0 Å². The van der Waals surface area contributed by atoms with E-state index in [1.165, 1.54) is 0 Å². The molecule has 40 heavy (non-hydrogen) atoms. The second kappa shape index (κ2) is 11.0. The summed E-state index contributed by atoms with van der Waals surface area (Å²) >= 11 is 0. The van der Waals surface area contributed by atoms with E-state index in [-0.39, 0.29) is 0 Å². The topological polar surface area (TPSA) is 62.1 Å². The zero-order valence-electron chi connectivity index (χ0n) is 24.2. The van der Waals surface area contributed by atoms with Gasteiger partial charge in [-0.05, 0) is 61.6 Å². The van der Waals surface area contributed by atoms with Crippen LogP contribution in [0.1, 0.15) is 0 Å². The molecule has 2 aromatic heterocycles. The van der Waals surface area contributed by atoms with Crippen molar-refractivity contribution in [2.24, 2.45) is 7.05 Å². The molecular weight excluding hydrogens is 502 g/mol. The predicted octanol–water partition coefficient (Wildman–Crippen LogP) is 3.82. The molecule has 2 saturated heterocycles. The number of methoxy groups -OCH3 is 2. The number of hydrogen-bond acceptors (Lipinski definition) is 8. The average Bonchev–Trinajstić information content (AvgIpc) is 3.29. The van der Waals surface area contributed by atoms with E-state index in [1.54, 1.807) is 14.2 Å². The molecule has 210 valence electrons. The van der Waals surface area contributed by atoms with Crippen LogP contribution in [0.3, 0.4) is 0 Å². The maximum absolute atomic E-state index is 5.49. The van der Waals surface area contributed by atoms with Gasteiger partial charge >= 0.3 is 0 Å². The number of benzene rings is 2. The lowest BCUT2D eigenvalue weighted by Crippen LogP contribution is -2.46. The van der Waals surface area contributed by atoms with E-state index >= 15 is 0 Å². The summed E-state index contributed by atoms with van der Waals surface area (Å²) in [4.78, 5) is 20.1. The summed E-state index contributed by atoms with van der Waals surface area (Å²) in [6, 6.07) is 16.6. The summed E-state index contributed by atoms with van der Waals surface area (Å²) in [6.07, 6.45) is 0. The van der Waals surface area contributed by atoms with E-state index in [0.717, 1.165) is 109 Å². The van der Waals surface area contributed by atoms with Crippen LogP contribution < -0.4 is 19.3 Å². The minimum atomic E-state index is 0.817. The Morgan fingerprint density at radius 3 is 1.62 bits per heavy atom. The van der Waals surface area contributed by atoms with Crippen LogP contribution in [0.15, 0.2) is 48.5 Å². The first kappa shape index (κ1) is 26.4. The summed E-state index contributed by atoms with van der Waals surface area (Å²) in [5.74, 6) is 3.51. The number of fused-ring (bicyclic) bond motifs is 1. The van der Waals surface area contributed by atoms with E-state index < -0.39 is 0 Å². The second-order valence-corrected chi connectivity index (χ2v) is 10.9. The molecule has 4 heterocycles. The van der Waals surface area contributed by atoms with Gasteiger partial charge < -0.3 is 33.6 Å². The first-order chi connectivity index (χ1) is 19.5. The Labute approximate surface area is 236 Å². The zero-order valence-corrected chi connectivity index (χ0v) is 24.2. The normalized spacial score (nSPS) is 17.0. The van der Waals surface area contributed by atoms with E-state index in [9.17, 15) is 0 Å². The molecule has 0 aliphatic carbocycles. The highest BCUT2D eigenvalue weighted by Crippen LogP contribution is 2.44. The lowest BCUT2D eigenvalue weighted by atomic mass is 9.98. The molecule has 0 atom stereocenters. The fraction of sp³-hybridized carbons (Fsp3) is 0.419. The van der Waals surface area contributed by atoms with Gasteiger partial charge in [0.25, 0.3) is 0 Å². The maximum Gasteiger partial charge on any atom is 0.229 e. The van der Waals surface area contributed by atoms with Crippen LogP contribution in [0.4, 0.5) is 11.8 Å². The van der Waals surface area contributed by atoms with Gasteiger partial charge in [-0.1, -0.05) is 12.1 Å². The van der Waals surface area contributed by atoms with Crippen LogP contribution in [-0.2, 0) is 7.05 Å². The minimum Gasteiger partial charge on any atom is -0.497 e. The van der Waals surface area contributed by atoms with Gasteiger partial charge in [0.15, 0.2) is 0 Å². The van der Waals surface area contributed by atoms with Crippen molar-refractivity contribution in [2.45, 2.75) is 0 Å². The van der Waals surface area contributed by atoms with Crippen molar-refractivity contribution in [1.82, 2.24) is 24.3 Å². The smallest absolute Gasteiger partial charge is 0.229 e. The monoisotopic (exact) mass is 541 g/mol. The van der Waals surface area contributed by atoms with Crippen LogP contribution in [0.2, 0.25) is 0 Å². The number of likely N-dealkylation sites (N-methyl/N-ethyl adjacent to an activating group) is 2. The van der Waals surface area contributed by atoms with E-state index in [2.05, 4.69) is 69.6 Å². The number of rotatable bonds is 6. The Morgan fingerprint density at radius 2 is 1.10 bits per heavy atom. The van der Waals surface area contributed by atoms with Crippen molar-refractivity contribution in [3.8, 4) is 33.9 Å². The fourth-order valence-corrected chi connectivity index (χ4v) is 5.81. The molecule has 9 nitrogen and oxygen atoms in total. The molecule has 2 aliphatic rings.